The molecular formula is C13H19NO3. The minimum atomic E-state index is -0.789. The van der Waals surface area contributed by atoms with Gasteiger partial charge in [-0.2, -0.15) is 0 Å². The SMILES string of the molecule is C=CC(=O)NC12CC3CC(O)(CC(O)(C3)C1)C2. The van der Waals surface area contributed by atoms with E-state index in [1.54, 1.807) is 0 Å². The zero-order valence-electron chi connectivity index (χ0n) is 9.91. The summed E-state index contributed by atoms with van der Waals surface area (Å²) in [6, 6.07) is 0. The van der Waals surface area contributed by atoms with E-state index in [0.717, 1.165) is 19.3 Å². The third-order valence-electron chi connectivity index (χ3n) is 4.58. The third-order valence-corrected chi connectivity index (χ3v) is 4.58. The van der Waals surface area contributed by atoms with Gasteiger partial charge in [0.05, 0.1) is 11.2 Å². The van der Waals surface area contributed by atoms with Crippen LogP contribution in [-0.2, 0) is 4.79 Å². The Morgan fingerprint density at radius 3 is 2.24 bits per heavy atom. The molecule has 0 spiro atoms. The smallest absolute Gasteiger partial charge is 0.243 e. The summed E-state index contributed by atoms with van der Waals surface area (Å²) in [6.07, 6.45) is 5.25. The molecule has 4 nitrogen and oxygen atoms in total. The number of aliphatic hydroxyl groups is 2. The van der Waals surface area contributed by atoms with Gasteiger partial charge in [0.25, 0.3) is 0 Å². The Kier molecular flexibility index (Phi) is 2.06. The van der Waals surface area contributed by atoms with Gasteiger partial charge in [-0.1, -0.05) is 6.58 Å². The van der Waals surface area contributed by atoms with Crippen LogP contribution in [0.15, 0.2) is 12.7 Å². The Hall–Kier alpha value is -0.870. The molecule has 0 saturated heterocycles. The number of hydrogen-bond donors (Lipinski definition) is 3. The maximum Gasteiger partial charge on any atom is 0.243 e. The van der Waals surface area contributed by atoms with Gasteiger partial charge in [0, 0.05) is 12.0 Å². The molecule has 0 aromatic carbocycles. The van der Waals surface area contributed by atoms with Crippen LogP contribution in [0.1, 0.15) is 38.5 Å². The van der Waals surface area contributed by atoms with Crippen LogP contribution in [0, 0.1) is 5.92 Å². The lowest BCUT2D eigenvalue weighted by Gasteiger charge is -2.63. The fourth-order valence-corrected chi connectivity index (χ4v) is 4.79. The fourth-order valence-electron chi connectivity index (χ4n) is 4.79. The van der Waals surface area contributed by atoms with E-state index in [-0.39, 0.29) is 5.91 Å². The van der Waals surface area contributed by atoms with E-state index >= 15 is 0 Å². The van der Waals surface area contributed by atoms with E-state index in [9.17, 15) is 15.0 Å². The first-order valence-corrected chi connectivity index (χ1v) is 6.25. The fraction of sp³-hybridized carbons (Fsp3) is 0.769. The Morgan fingerprint density at radius 2 is 1.76 bits per heavy atom. The summed E-state index contributed by atoms with van der Waals surface area (Å²) in [7, 11) is 0. The van der Waals surface area contributed by atoms with Gasteiger partial charge in [0.1, 0.15) is 0 Å². The monoisotopic (exact) mass is 237 g/mol. The van der Waals surface area contributed by atoms with E-state index in [0.29, 0.717) is 25.2 Å². The van der Waals surface area contributed by atoms with Gasteiger partial charge in [-0.05, 0) is 44.1 Å². The summed E-state index contributed by atoms with van der Waals surface area (Å²) < 4.78 is 0. The summed E-state index contributed by atoms with van der Waals surface area (Å²) in [6.45, 7) is 3.46. The molecule has 4 aliphatic carbocycles. The molecule has 0 radical (unpaired) electrons. The third kappa shape index (κ3) is 1.70. The molecule has 0 aromatic heterocycles. The highest BCUT2D eigenvalue weighted by Crippen LogP contribution is 2.59. The van der Waals surface area contributed by atoms with Crippen LogP contribution in [0.25, 0.3) is 0 Å². The van der Waals surface area contributed by atoms with Crippen molar-refractivity contribution in [3.63, 3.8) is 0 Å². The maximum absolute atomic E-state index is 11.5. The van der Waals surface area contributed by atoms with Gasteiger partial charge < -0.3 is 15.5 Å². The van der Waals surface area contributed by atoms with Gasteiger partial charge in [-0.25, -0.2) is 0 Å². The van der Waals surface area contributed by atoms with E-state index in [1.807, 2.05) is 0 Å². The normalized spacial score (nSPS) is 51.3. The van der Waals surface area contributed by atoms with Crippen molar-refractivity contribution in [1.82, 2.24) is 5.32 Å². The molecule has 0 aliphatic heterocycles. The van der Waals surface area contributed by atoms with Gasteiger partial charge in [-0.3, -0.25) is 4.79 Å². The van der Waals surface area contributed by atoms with Crippen LogP contribution in [0.4, 0.5) is 0 Å². The van der Waals surface area contributed by atoms with Crippen molar-refractivity contribution < 1.29 is 15.0 Å². The summed E-state index contributed by atoms with van der Waals surface area (Å²) in [5.41, 5.74) is -2.00. The van der Waals surface area contributed by atoms with Gasteiger partial charge >= 0.3 is 0 Å². The molecule has 4 bridgehead atoms. The van der Waals surface area contributed by atoms with Crippen molar-refractivity contribution >= 4 is 5.91 Å². The molecule has 0 aromatic rings. The van der Waals surface area contributed by atoms with Gasteiger partial charge in [0.15, 0.2) is 0 Å². The average molecular weight is 237 g/mol. The first-order chi connectivity index (χ1) is 7.86. The maximum atomic E-state index is 11.5. The second-order valence-corrected chi connectivity index (χ2v) is 6.43. The second kappa shape index (κ2) is 3.12. The van der Waals surface area contributed by atoms with Crippen molar-refractivity contribution in [2.24, 2.45) is 5.92 Å². The molecule has 17 heavy (non-hydrogen) atoms. The van der Waals surface area contributed by atoms with Crippen LogP contribution >= 0.6 is 0 Å². The van der Waals surface area contributed by atoms with Gasteiger partial charge in [0.2, 0.25) is 5.91 Å². The molecule has 4 heteroatoms. The standard InChI is InChI=1S/C13H19NO3/c1-2-10(15)14-11-3-9-4-12(16,6-11)8-13(17,5-9)7-11/h2,9,16-17H,1,3-8H2,(H,14,15). The van der Waals surface area contributed by atoms with E-state index < -0.39 is 16.7 Å². The minimum Gasteiger partial charge on any atom is -0.390 e. The molecule has 4 rings (SSSR count). The first kappa shape index (κ1) is 11.2. The quantitative estimate of drug-likeness (QED) is 0.612. The molecule has 2 unspecified atom stereocenters. The summed E-state index contributed by atoms with van der Waals surface area (Å²) in [5.74, 6) is 0.116. The molecule has 1 amide bonds. The molecule has 94 valence electrons. The summed E-state index contributed by atoms with van der Waals surface area (Å²) in [5, 5.41) is 23.9. The Labute approximate surface area is 101 Å². The van der Waals surface area contributed by atoms with Crippen LogP contribution in [0.3, 0.4) is 0 Å². The van der Waals surface area contributed by atoms with Crippen molar-refractivity contribution in [2.45, 2.75) is 55.3 Å². The highest BCUT2D eigenvalue weighted by Gasteiger charge is 2.63. The zero-order chi connectivity index (χ0) is 12.3. The largest absolute Gasteiger partial charge is 0.390 e. The van der Waals surface area contributed by atoms with Crippen LogP contribution in [-0.4, -0.2) is 32.9 Å². The molecule has 4 fully saturated rings. The van der Waals surface area contributed by atoms with Crippen LogP contribution in [0.2, 0.25) is 0 Å². The van der Waals surface area contributed by atoms with Crippen molar-refractivity contribution in [1.29, 1.82) is 0 Å². The number of rotatable bonds is 2. The molecule has 4 saturated carbocycles. The minimum absolute atomic E-state index is 0.209. The number of carbonyl (C=O) groups excluding carboxylic acids is 1. The lowest BCUT2D eigenvalue weighted by Crippen LogP contribution is -2.70. The molecule has 3 N–H and O–H groups in total. The highest BCUT2D eigenvalue weighted by molar-refractivity contribution is 5.87. The zero-order valence-corrected chi connectivity index (χ0v) is 9.91. The summed E-state index contributed by atoms with van der Waals surface area (Å²) in [4.78, 5) is 11.5. The second-order valence-electron chi connectivity index (χ2n) is 6.43. The van der Waals surface area contributed by atoms with Crippen molar-refractivity contribution in [2.75, 3.05) is 0 Å². The predicted octanol–water partition coefficient (Wildman–Crippen LogP) is 0.487. The van der Waals surface area contributed by atoms with E-state index in [2.05, 4.69) is 11.9 Å². The first-order valence-electron chi connectivity index (χ1n) is 6.25. The van der Waals surface area contributed by atoms with Gasteiger partial charge in [-0.15, -0.1) is 0 Å². The highest BCUT2D eigenvalue weighted by atomic mass is 16.3. The molecular weight excluding hydrogens is 218 g/mol. The lowest BCUT2D eigenvalue weighted by atomic mass is 9.49. The predicted molar refractivity (Wildman–Crippen MR) is 62.2 cm³/mol. The Balaban J connectivity index is 1.92. The Bertz CT molecular complexity index is 374. The van der Waals surface area contributed by atoms with Crippen LogP contribution < -0.4 is 5.32 Å². The van der Waals surface area contributed by atoms with Crippen molar-refractivity contribution in [3.8, 4) is 0 Å². The molecule has 0 heterocycles. The number of nitrogens with one attached hydrogen (secondary N) is 1. The molecule has 4 aliphatic rings. The van der Waals surface area contributed by atoms with Crippen molar-refractivity contribution in [3.05, 3.63) is 12.7 Å². The lowest BCUT2D eigenvalue weighted by molar-refractivity contribution is -0.211. The van der Waals surface area contributed by atoms with E-state index in [1.165, 1.54) is 6.08 Å². The van der Waals surface area contributed by atoms with Crippen LogP contribution in [0.5, 0.6) is 0 Å². The summed E-state index contributed by atoms with van der Waals surface area (Å²) >= 11 is 0. The Morgan fingerprint density at radius 1 is 1.18 bits per heavy atom. The topological polar surface area (TPSA) is 69.6 Å². The number of amides is 1. The average Bonchev–Trinajstić information content (AvgIpc) is 2.10. The number of carbonyl (C=O) groups is 1. The van der Waals surface area contributed by atoms with E-state index in [4.69, 9.17) is 0 Å². The number of hydrogen-bond acceptors (Lipinski definition) is 3. The molecule has 2 atom stereocenters.